The topological polar surface area (TPSA) is 29.1 Å². The average molecular weight is 291 g/mol. The zero-order chi connectivity index (χ0) is 11.4. The molecule has 0 aromatic heterocycles. The summed E-state index contributed by atoms with van der Waals surface area (Å²) in [5, 5.41) is 3.32. The minimum atomic E-state index is -0.130. The first kappa shape index (κ1) is 12.5. The van der Waals surface area contributed by atoms with Gasteiger partial charge in [0.05, 0.1) is 10.6 Å². The molecule has 0 saturated heterocycles. The molecule has 0 aliphatic heterocycles. The van der Waals surface area contributed by atoms with Crippen LogP contribution < -0.4 is 5.32 Å². The Hall–Kier alpha value is -0.540. The molecule has 1 rings (SSSR count). The first-order valence-electron chi connectivity index (χ1n) is 4.69. The number of alkyl halides is 1. The summed E-state index contributed by atoms with van der Waals surface area (Å²) in [6, 6.07) is 5.43. The van der Waals surface area contributed by atoms with E-state index in [1.807, 2.05) is 26.0 Å². The third-order valence-electron chi connectivity index (χ3n) is 1.98. The van der Waals surface area contributed by atoms with Crippen LogP contribution in [0.25, 0.3) is 0 Å². The second kappa shape index (κ2) is 5.52. The molecule has 0 fully saturated rings. The van der Waals surface area contributed by atoms with Crippen LogP contribution in [0, 0.1) is 6.92 Å². The molecule has 82 valence electrons. The highest BCUT2D eigenvalue weighted by molar-refractivity contribution is 9.09. The molecule has 0 aliphatic carbocycles. The lowest BCUT2D eigenvalue weighted by Crippen LogP contribution is -2.28. The number of amides is 1. The SMILES string of the molecule is Cc1cccc(C(=O)NCC(C)Br)c1Cl. The summed E-state index contributed by atoms with van der Waals surface area (Å²) in [4.78, 5) is 12.0. The predicted octanol–water partition coefficient (Wildman–Crippen LogP) is 3.16. The maximum absolute atomic E-state index is 11.7. The maximum atomic E-state index is 11.7. The van der Waals surface area contributed by atoms with Crippen LogP contribution in [0.15, 0.2) is 18.2 Å². The van der Waals surface area contributed by atoms with Gasteiger partial charge in [-0.25, -0.2) is 0 Å². The summed E-state index contributed by atoms with van der Waals surface area (Å²) < 4.78 is 0. The van der Waals surface area contributed by atoms with Crippen LogP contribution in [-0.2, 0) is 0 Å². The van der Waals surface area contributed by atoms with Crippen LogP contribution >= 0.6 is 27.5 Å². The van der Waals surface area contributed by atoms with Gasteiger partial charge in [-0.05, 0) is 18.6 Å². The van der Waals surface area contributed by atoms with Gasteiger partial charge in [0.2, 0.25) is 0 Å². The summed E-state index contributed by atoms with van der Waals surface area (Å²) >= 11 is 9.39. The number of halogens is 2. The number of hydrogen-bond acceptors (Lipinski definition) is 1. The minimum Gasteiger partial charge on any atom is -0.351 e. The molecule has 0 bridgehead atoms. The van der Waals surface area contributed by atoms with Crippen molar-refractivity contribution >= 4 is 33.4 Å². The first-order valence-corrected chi connectivity index (χ1v) is 5.99. The van der Waals surface area contributed by atoms with Crippen molar-refractivity contribution in [2.45, 2.75) is 18.7 Å². The van der Waals surface area contributed by atoms with Gasteiger partial charge in [0, 0.05) is 11.4 Å². The maximum Gasteiger partial charge on any atom is 0.252 e. The van der Waals surface area contributed by atoms with Crippen molar-refractivity contribution in [3.8, 4) is 0 Å². The van der Waals surface area contributed by atoms with E-state index in [0.717, 1.165) is 5.56 Å². The Balaban J connectivity index is 2.78. The van der Waals surface area contributed by atoms with E-state index in [1.165, 1.54) is 0 Å². The molecule has 15 heavy (non-hydrogen) atoms. The second-order valence-corrected chi connectivity index (χ2v) is 5.37. The monoisotopic (exact) mass is 289 g/mol. The van der Waals surface area contributed by atoms with Crippen LogP contribution in [0.5, 0.6) is 0 Å². The Bertz CT molecular complexity index is 366. The van der Waals surface area contributed by atoms with Crippen molar-refractivity contribution in [1.29, 1.82) is 0 Å². The highest BCUT2D eigenvalue weighted by atomic mass is 79.9. The molecule has 1 atom stereocenters. The molecule has 0 saturated carbocycles. The molecule has 1 unspecified atom stereocenters. The number of carbonyl (C=O) groups is 1. The summed E-state index contributed by atoms with van der Waals surface area (Å²) in [6.45, 7) is 4.44. The van der Waals surface area contributed by atoms with E-state index < -0.39 is 0 Å². The van der Waals surface area contributed by atoms with Crippen LogP contribution in [-0.4, -0.2) is 17.3 Å². The summed E-state index contributed by atoms with van der Waals surface area (Å²) in [5.74, 6) is -0.130. The average Bonchev–Trinajstić information content (AvgIpc) is 2.18. The lowest BCUT2D eigenvalue weighted by molar-refractivity contribution is 0.0954. The standard InChI is InChI=1S/C11H13BrClNO/c1-7-4-3-5-9(10(7)13)11(15)14-6-8(2)12/h3-5,8H,6H2,1-2H3,(H,14,15). The number of nitrogens with one attached hydrogen (secondary N) is 1. The van der Waals surface area contributed by atoms with Crippen molar-refractivity contribution in [3.63, 3.8) is 0 Å². The summed E-state index contributed by atoms with van der Waals surface area (Å²) in [7, 11) is 0. The zero-order valence-electron chi connectivity index (χ0n) is 8.68. The molecular weight excluding hydrogens is 277 g/mol. The van der Waals surface area contributed by atoms with Gasteiger partial charge >= 0.3 is 0 Å². The lowest BCUT2D eigenvalue weighted by atomic mass is 10.1. The van der Waals surface area contributed by atoms with E-state index >= 15 is 0 Å². The molecule has 1 amide bonds. The molecule has 1 aromatic carbocycles. The molecule has 1 aromatic rings. The third kappa shape index (κ3) is 3.50. The van der Waals surface area contributed by atoms with E-state index in [9.17, 15) is 4.79 Å². The minimum absolute atomic E-state index is 0.130. The van der Waals surface area contributed by atoms with Crippen molar-refractivity contribution in [3.05, 3.63) is 34.3 Å². The van der Waals surface area contributed by atoms with Crippen LogP contribution in [0.1, 0.15) is 22.8 Å². The second-order valence-electron chi connectivity index (χ2n) is 3.43. The fourth-order valence-electron chi connectivity index (χ4n) is 1.15. The van der Waals surface area contributed by atoms with E-state index in [-0.39, 0.29) is 10.7 Å². The number of carbonyl (C=O) groups excluding carboxylic acids is 1. The van der Waals surface area contributed by atoms with Gasteiger partial charge in [-0.15, -0.1) is 0 Å². The largest absolute Gasteiger partial charge is 0.351 e. The van der Waals surface area contributed by atoms with E-state index in [1.54, 1.807) is 6.07 Å². The molecule has 0 aliphatic rings. The highest BCUT2D eigenvalue weighted by Gasteiger charge is 2.11. The van der Waals surface area contributed by atoms with Crippen molar-refractivity contribution in [2.75, 3.05) is 6.54 Å². The van der Waals surface area contributed by atoms with Gasteiger partial charge in [-0.1, -0.05) is 46.6 Å². The molecule has 0 spiro atoms. The van der Waals surface area contributed by atoms with Gasteiger partial charge < -0.3 is 5.32 Å². The van der Waals surface area contributed by atoms with E-state index in [2.05, 4.69) is 21.2 Å². The van der Waals surface area contributed by atoms with Gasteiger partial charge in [0.25, 0.3) is 5.91 Å². The highest BCUT2D eigenvalue weighted by Crippen LogP contribution is 2.19. The normalized spacial score (nSPS) is 12.3. The number of aryl methyl sites for hydroxylation is 1. The number of benzene rings is 1. The van der Waals surface area contributed by atoms with Crippen LogP contribution in [0.3, 0.4) is 0 Å². The van der Waals surface area contributed by atoms with Crippen LogP contribution in [0.2, 0.25) is 5.02 Å². The van der Waals surface area contributed by atoms with E-state index in [4.69, 9.17) is 11.6 Å². The summed E-state index contributed by atoms with van der Waals surface area (Å²) in [5.41, 5.74) is 1.45. The summed E-state index contributed by atoms with van der Waals surface area (Å²) in [6.07, 6.45) is 0. The van der Waals surface area contributed by atoms with Gasteiger partial charge in [0.15, 0.2) is 0 Å². The number of rotatable bonds is 3. The van der Waals surface area contributed by atoms with Gasteiger partial charge in [0.1, 0.15) is 0 Å². The molecule has 4 heteroatoms. The van der Waals surface area contributed by atoms with E-state index in [0.29, 0.717) is 17.1 Å². The molecule has 0 radical (unpaired) electrons. The van der Waals surface area contributed by atoms with Gasteiger partial charge in [-0.2, -0.15) is 0 Å². The van der Waals surface area contributed by atoms with Crippen molar-refractivity contribution in [2.24, 2.45) is 0 Å². The molecular formula is C11H13BrClNO. The molecule has 1 N–H and O–H groups in total. The van der Waals surface area contributed by atoms with Crippen molar-refractivity contribution < 1.29 is 4.79 Å². The van der Waals surface area contributed by atoms with Crippen LogP contribution in [0.4, 0.5) is 0 Å². The number of hydrogen-bond donors (Lipinski definition) is 1. The Morgan fingerprint density at radius 2 is 2.27 bits per heavy atom. The lowest BCUT2D eigenvalue weighted by Gasteiger charge is -2.09. The zero-order valence-corrected chi connectivity index (χ0v) is 11.0. The Morgan fingerprint density at radius 1 is 1.60 bits per heavy atom. The van der Waals surface area contributed by atoms with Gasteiger partial charge in [-0.3, -0.25) is 4.79 Å². The molecule has 2 nitrogen and oxygen atoms in total. The smallest absolute Gasteiger partial charge is 0.252 e. The fourth-order valence-corrected chi connectivity index (χ4v) is 1.53. The van der Waals surface area contributed by atoms with Crippen molar-refractivity contribution in [1.82, 2.24) is 5.32 Å². The Labute approximate surface area is 103 Å². The molecule has 0 heterocycles. The quantitative estimate of drug-likeness (QED) is 0.851. The fraction of sp³-hybridized carbons (Fsp3) is 0.364. The Kier molecular flexibility index (Phi) is 4.61. The Morgan fingerprint density at radius 3 is 2.87 bits per heavy atom. The third-order valence-corrected chi connectivity index (χ3v) is 2.81. The first-order chi connectivity index (χ1) is 7.02. The predicted molar refractivity (Wildman–Crippen MR) is 66.9 cm³/mol.